The fourth-order valence-electron chi connectivity index (χ4n) is 2.32. The zero-order chi connectivity index (χ0) is 17.9. The van der Waals surface area contributed by atoms with Crippen LogP contribution >= 0.6 is 0 Å². The number of carbonyl (C=O) groups excluding carboxylic acids is 3. The van der Waals surface area contributed by atoms with Crippen molar-refractivity contribution >= 4 is 18.0 Å². The number of aromatic nitrogens is 1. The Morgan fingerprint density at radius 3 is 2.83 bits per heavy atom. The normalized spacial score (nSPS) is 18.9. The lowest BCUT2D eigenvalue weighted by atomic mass is 10.1. The van der Waals surface area contributed by atoms with Gasteiger partial charge in [0.05, 0.1) is 18.6 Å². The van der Waals surface area contributed by atoms with Gasteiger partial charge in [-0.15, -0.1) is 0 Å². The highest BCUT2D eigenvalue weighted by molar-refractivity contribution is 5.83. The van der Waals surface area contributed by atoms with Gasteiger partial charge in [0, 0.05) is 18.9 Å². The van der Waals surface area contributed by atoms with Crippen molar-refractivity contribution in [1.29, 1.82) is 0 Å². The second-order valence-electron chi connectivity index (χ2n) is 5.84. The van der Waals surface area contributed by atoms with Gasteiger partial charge in [-0.3, -0.25) is 14.6 Å². The lowest BCUT2D eigenvalue weighted by Crippen LogP contribution is -2.43. The van der Waals surface area contributed by atoms with Crippen LogP contribution in [0.3, 0.4) is 0 Å². The van der Waals surface area contributed by atoms with Crippen LogP contribution in [0.25, 0.3) is 0 Å². The van der Waals surface area contributed by atoms with Gasteiger partial charge >= 0.3 is 0 Å². The second-order valence-corrected chi connectivity index (χ2v) is 5.84. The average Bonchev–Trinajstić information content (AvgIpc) is 2.72. The summed E-state index contributed by atoms with van der Waals surface area (Å²) in [5.74, 6) is -0.0709. The van der Waals surface area contributed by atoms with E-state index in [2.05, 4.69) is 4.98 Å². The van der Waals surface area contributed by atoms with Crippen LogP contribution in [-0.2, 0) is 20.8 Å². The summed E-state index contributed by atoms with van der Waals surface area (Å²) in [5, 5.41) is 0. The molecule has 0 aromatic carbocycles. The van der Waals surface area contributed by atoms with Crippen LogP contribution < -0.4 is 11.5 Å². The topological polar surface area (TPSA) is 119 Å². The predicted molar refractivity (Wildman–Crippen MR) is 91.1 cm³/mol. The Balaban J connectivity index is 0.000000240. The molecule has 7 nitrogen and oxygen atoms in total. The highest BCUT2D eigenvalue weighted by Crippen LogP contribution is 2.09. The summed E-state index contributed by atoms with van der Waals surface area (Å²) in [7, 11) is 0. The fraction of sp³-hybridized carbons (Fsp3) is 0.529. The van der Waals surface area contributed by atoms with E-state index in [1.165, 1.54) is 11.8 Å². The maximum atomic E-state index is 11.4. The molecule has 0 aliphatic carbocycles. The van der Waals surface area contributed by atoms with E-state index in [4.69, 9.17) is 11.5 Å². The minimum atomic E-state index is -0.396. The van der Waals surface area contributed by atoms with E-state index in [1.807, 2.05) is 12.1 Å². The van der Waals surface area contributed by atoms with Crippen LogP contribution in [0.4, 0.5) is 0 Å². The summed E-state index contributed by atoms with van der Waals surface area (Å²) in [6.07, 6.45) is 7.41. The third-order valence-corrected chi connectivity index (χ3v) is 3.82. The van der Waals surface area contributed by atoms with E-state index in [0.717, 1.165) is 31.1 Å². The third kappa shape index (κ3) is 6.97. The molecule has 7 heteroatoms. The Morgan fingerprint density at radius 1 is 1.50 bits per heavy atom. The third-order valence-electron chi connectivity index (χ3n) is 3.82. The maximum Gasteiger partial charge on any atom is 0.239 e. The van der Waals surface area contributed by atoms with Crippen molar-refractivity contribution < 1.29 is 14.4 Å². The molecule has 0 unspecified atom stereocenters. The fourth-order valence-corrected chi connectivity index (χ4v) is 2.32. The highest BCUT2D eigenvalue weighted by atomic mass is 16.2. The zero-order valence-electron chi connectivity index (χ0n) is 14.1. The number of aldehydes is 1. The molecule has 4 N–H and O–H groups in total. The molecular weight excluding hydrogens is 308 g/mol. The molecule has 0 spiro atoms. The van der Waals surface area contributed by atoms with Crippen molar-refractivity contribution in [1.82, 2.24) is 9.88 Å². The summed E-state index contributed by atoms with van der Waals surface area (Å²) in [6, 6.07) is 2.96. The number of amides is 1. The molecule has 1 saturated heterocycles. The molecule has 1 aliphatic heterocycles. The van der Waals surface area contributed by atoms with E-state index in [1.54, 1.807) is 12.4 Å². The number of hydrogen-bond donors (Lipinski definition) is 2. The Bertz CT molecular complexity index is 536. The largest absolute Gasteiger partial charge is 0.334 e. The minimum absolute atomic E-state index is 0.0128. The predicted octanol–water partition coefficient (Wildman–Crippen LogP) is 0.0655. The molecule has 0 radical (unpaired) electrons. The number of carbonyl (C=O) groups is 3. The molecule has 0 saturated carbocycles. The van der Waals surface area contributed by atoms with Crippen molar-refractivity contribution in [3.8, 4) is 0 Å². The van der Waals surface area contributed by atoms with Crippen LogP contribution in [0.2, 0.25) is 0 Å². The quantitative estimate of drug-likeness (QED) is 0.735. The Kier molecular flexibility index (Phi) is 8.81. The van der Waals surface area contributed by atoms with Gasteiger partial charge in [0.1, 0.15) is 12.1 Å². The van der Waals surface area contributed by atoms with Gasteiger partial charge in [-0.25, -0.2) is 0 Å². The highest BCUT2D eigenvalue weighted by Gasteiger charge is 2.22. The number of rotatable bonds is 5. The molecule has 24 heavy (non-hydrogen) atoms. The van der Waals surface area contributed by atoms with E-state index < -0.39 is 12.1 Å². The monoisotopic (exact) mass is 334 g/mol. The number of nitrogens with zero attached hydrogens (tertiary/aromatic N) is 2. The second kappa shape index (κ2) is 10.6. The van der Waals surface area contributed by atoms with Gasteiger partial charge in [0.25, 0.3) is 0 Å². The summed E-state index contributed by atoms with van der Waals surface area (Å²) >= 11 is 0. The van der Waals surface area contributed by atoms with Gasteiger partial charge < -0.3 is 21.2 Å². The molecule has 1 fully saturated rings. The van der Waals surface area contributed by atoms with Crippen molar-refractivity contribution in [2.75, 3.05) is 13.1 Å². The summed E-state index contributed by atoms with van der Waals surface area (Å²) < 4.78 is 0. The van der Waals surface area contributed by atoms with Crippen LogP contribution in [-0.4, -0.2) is 53.0 Å². The van der Waals surface area contributed by atoms with E-state index in [0.29, 0.717) is 13.0 Å². The first-order valence-corrected chi connectivity index (χ1v) is 8.08. The standard InChI is InChI=1S/C9H12N2O.C8H14N2O2/c1-7(12)9(10)5-8-3-2-4-11-6-8;9-7-3-1-2-4-10(5-6-11)8(7)12/h2-4,6,9H,5,10H2,1H3;6-7H,1-5,9H2/t9-;7-/m00/s1. The van der Waals surface area contributed by atoms with E-state index in [9.17, 15) is 14.4 Å². The van der Waals surface area contributed by atoms with Gasteiger partial charge in [-0.1, -0.05) is 6.07 Å². The molecule has 0 bridgehead atoms. The molecule has 2 atom stereocenters. The van der Waals surface area contributed by atoms with Gasteiger partial charge in [0.2, 0.25) is 5.91 Å². The summed E-state index contributed by atoms with van der Waals surface area (Å²) in [6.45, 7) is 2.36. The number of hydrogen-bond acceptors (Lipinski definition) is 6. The molecule has 2 heterocycles. The first kappa shape index (κ1) is 19.9. The smallest absolute Gasteiger partial charge is 0.239 e. The Labute approximate surface area is 142 Å². The van der Waals surface area contributed by atoms with Gasteiger partial charge in [0.15, 0.2) is 0 Å². The number of pyridine rings is 1. The lowest BCUT2D eigenvalue weighted by molar-refractivity contribution is -0.133. The molecule has 132 valence electrons. The molecule has 1 aromatic rings. The maximum absolute atomic E-state index is 11.4. The minimum Gasteiger partial charge on any atom is -0.334 e. The van der Waals surface area contributed by atoms with Crippen LogP contribution in [0.15, 0.2) is 24.5 Å². The van der Waals surface area contributed by atoms with Gasteiger partial charge in [-0.2, -0.15) is 0 Å². The van der Waals surface area contributed by atoms with E-state index >= 15 is 0 Å². The Hall–Kier alpha value is -2.12. The van der Waals surface area contributed by atoms with Gasteiger partial charge in [-0.05, 0) is 44.2 Å². The molecule has 1 aromatic heterocycles. The van der Waals surface area contributed by atoms with Crippen molar-refractivity contribution in [2.24, 2.45) is 11.5 Å². The number of ketones is 1. The number of Topliss-reactive ketones (excluding diaryl/α,β-unsaturated/α-hetero) is 1. The number of likely N-dealkylation sites (tertiary alicyclic amines) is 1. The molecular formula is C17H26N4O3. The lowest BCUT2D eigenvalue weighted by Gasteiger charge is -2.19. The van der Waals surface area contributed by atoms with Crippen molar-refractivity contribution in [3.05, 3.63) is 30.1 Å². The number of nitrogens with two attached hydrogens (primary N) is 2. The summed E-state index contributed by atoms with van der Waals surface area (Å²) in [4.78, 5) is 37.8. The van der Waals surface area contributed by atoms with Crippen molar-refractivity contribution in [3.63, 3.8) is 0 Å². The average molecular weight is 334 g/mol. The van der Waals surface area contributed by atoms with Crippen LogP contribution in [0.5, 0.6) is 0 Å². The first-order chi connectivity index (χ1) is 11.5. The van der Waals surface area contributed by atoms with Crippen molar-refractivity contribution in [2.45, 2.75) is 44.7 Å². The van der Waals surface area contributed by atoms with Crippen LogP contribution in [0, 0.1) is 0 Å². The molecule has 2 rings (SSSR count). The molecule has 1 amide bonds. The van der Waals surface area contributed by atoms with Crippen LogP contribution in [0.1, 0.15) is 31.7 Å². The SMILES string of the molecule is CC(=O)[C@@H](N)Cc1cccnc1.N[C@H]1CCCCN(CC=O)C1=O. The summed E-state index contributed by atoms with van der Waals surface area (Å²) in [5.41, 5.74) is 12.2. The van der Waals surface area contributed by atoms with E-state index in [-0.39, 0.29) is 18.2 Å². The molecule has 1 aliphatic rings. The zero-order valence-corrected chi connectivity index (χ0v) is 14.1. The first-order valence-electron chi connectivity index (χ1n) is 8.08. The Morgan fingerprint density at radius 2 is 2.25 bits per heavy atom.